The second-order valence-corrected chi connectivity index (χ2v) is 5.68. The Balaban J connectivity index is 2.10. The van der Waals surface area contributed by atoms with Crippen molar-refractivity contribution in [2.45, 2.75) is 26.4 Å². The van der Waals surface area contributed by atoms with Gasteiger partial charge < -0.3 is 14.4 Å². The summed E-state index contributed by atoms with van der Waals surface area (Å²) in [6.45, 7) is 6.11. The Morgan fingerprint density at radius 1 is 1.38 bits per heavy atom. The minimum atomic E-state index is -0.904. The molecule has 0 saturated carbocycles. The van der Waals surface area contributed by atoms with E-state index in [4.69, 9.17) is 4.42 Å². The Labute approximate surface area is 124 Å². The lowest BCUT2D eigenvalue weighted by Crippen LogP contribution is -2.41. The fourth-order valence-electron chi connectivity index (χ4n) is 2.16. The van der Waals surface area contributed by atoms with Crippen LogP contribution in [0.1, 0.15) is 26.5 Å². The monoisotopic (exact) mass is 287 g/mol. The third-order valence-electron chi connectivity index (χ3n) is 3.11. The lowest BCUT2D eigenvalue weighted by molar-refractivity contribution is -0.128. The first-order valence-corrected chi connectivity index (χ1v) is 7.07. The number of rotatable bonds is 5. The van der Waals surface area contributed by atoms with Crippen LogP contribution in [0.15, 0.2) is 40.8 Å². The van der Waals surface area contributed by atoms with Gasteiger partial charge in [-0.05, 0) is 39.0 Å². The number of amides is 1. The Kier molecular flexibility index (Phi) is 4.48. The van der Waals surface area contributed by atoms with Gasteiger partial charge in [0, 0.05) is 24.6 Å². The van der Waals surface area contributed by atoms with Crippen molar-refractivity contribution in [3.05, 3.63) is 42.2 Å². The third kappa shape index (κ3) is 4.20. The predicted octanol–water partition coefficient (Wildman–Crippen LogP) is 3.07. The fourth-order valence-corrected chi connectivity index (χ4v) is 2.16. The Bertz CT molecular complexity index is 616. The van der Waals surface area contributed by atoms with Crippen LogP contribution in [0.4, 0.5) is 0 Å². The topological polar surface area (TPSA) is 53.7 Å². The summed E-state index contributed by atoms with van der Waals surface area (Å²) in [6, 6.07) is 9.60. The molecule has 0 radical (unpaired) electrons. The highest BCUT2D eigenvalue weighted by Crippen LogP contribution is 2.19. The number of carbonyl (C=O) groups excluding carboxylic acids is 1. The molecule has 0 unspecified atom stereocenters. The summed E-state index contributed by atoms with van der Waals surface area (Å²) in [5.41, 5.74) is -0.104. The molecule has 2 aromatic rings. The van der Waals surface area contributed by atoms with Gasteiger partial charge in [-0.1, -0.05) is 18.2 Å². The standard InChI is InChI=1S/C17H21NO3/c1-4-18(12-17(2,3)20)16(19)10-9-14-11-13-7-5-6-8-15(13)21-14/h5-11,20H,4,12H2,1-3H3. The van der Waals surface area contributed by atoms with Gasteiger partial charge in [-0.3, -0.25) is 4.79 Å². The van der Waals surface area contributed by atoms with Gasteiger partial charge in [-0.25, -0.2) is 0 Å². The first-order valence-electron chi connectivity index (χ1n) is 7.07. The van der Waals surface area contributed by atoms with Crippen LogP contribution in [0.25, 0.3) is 17.0 Å². The highest BCUT2D eigenvalue weighted by Gasteiger charge is 2.19. The number of likely N-dealkylation sites (N-methyl/N-ethyl adjacent to an activating group) is 1. The highest BCUT2D eigenvalue weighted by molar-refractivity contribution is 5.92. The molecule has 0 atom stereocenters. The van der Waals surface area contributed by atoms with Crippen LogP contribution >= 0.6 is 0 Å². The zero-order valence-corrected chi connectivity index (χ0v) is 12.7. The number of furan rings is 1. The van der Waals surface area contributed by atoms with Crippen LogP contribution in [0.5, 0.6) is 0 Å². The maximum absolute atomic E-state index is 12.1. The number of carbonyl (C=O) groups is 1. The van der Waals surface area contributed by atoms with Gasteiger partial charge in [0.25, 0.3) is 0 Å². The van der Waals surface area contributed by atoms with Crippen LogP contribution in [-0.4, -0.2) is 34.6 Å². The first-order chi connectivity index (χ1) is 9.89. The average Bonchev–Trinajstić information content (AvgIpc) is 2.84. The molecule has 0 bridgehead atoms. The summed E-state index contributed by atoms with van der Waals surface area (Å²) in [6.07, 6.45) is 3.14. The molecule has 112 valence electrons. The molecule has 0 aliphatic rings. The van der Waals surface area contributed by atoms with Gasteiger partial charge in [0.05, 0.1) is 5.60 Å². The molecule has 0 aliphatic carbocycles. The van der Waals surface area contributed by atoms with E-state index < -0.39 is 5.60 Å². The van der Waals surface area contributed by atoms with E-state index in [0.717, 1.165) is 11.0 Å². The number of para-hydroxylation sites is 1. The number of hydrogen-bond donors (Lipinski definition) is 1. The molecule has 0 spiro atoms. The number of aliphatic hydroxyl groups is 1. The summed E-state index contributed by atoms with van der Waals surface area (Å²) in [5.74, 6) is 0.504. The van der Waals surface area contributed by atoms with Crippen molar-refractivity contribution >= 4 is 23.0 Å². The maximum atomic E-state index is 12.1. The average molecular weight is 287 g/mol. The summed E-state index contributed by atoms with van der Waals surface area (Å²) in [7, 11) is 0. The molecule has 4 nitrogen and oxygen atoms in total. The molecule has 21 heavy (non-hydrogen) atoms. The second kappa shape index (κ2) is 6.14. The minimum absolute atomic E-state index is 0.139. The molecular formula is C17H21NO3. The summed E-state index contributed by atoms with van der Waals surface area (Å²) < 4.78 is 5.63. The highest BCUT2D eigenvalue weighted by atomic mass is 16.3. The van der Waals surface area contributed by atoms with Gasteiger partial charge in [0.15, 0.2) is 0 Å². The van der Waals surface area contributed by atoms with Gasteiger partial charge in [0.1, 0.15) is 11.3 Å². The fraction of sp³-hybridized carbons (Fsp3) is 0.353. The first kappa shape index (κ1) is 15.3. The molecule has 2 rings (SSSR count). The van der Waals surface area contributed by atoms with Gasteiger partial charge in [0.2, 0.25) is 5.91 Å². The molecule has 1 N–H and O–H groups in total. The van der Waals surface area contributed by atoms with E-state index >= 15 is 0 Å². The molecule has 4 heteroatoms. The molecular weight excluding hydrogens is 266 g/mol. The predicted molar refractivity (Wildman–Crippen MR) is 83.8 cm³/mol. The molecule has 1 aromatic carbocycles. The van der Waals surface area contributed by atoms with Crippen LogP contribution in [0, 0.1) is 0 Å². The second-order valence-electron chi connectivity index (χ2n) is 5.68. The zero-order chi connectivity index (χ0) is 15.5. The van der Waals surface area contributed by atoms with E-state index in [0.29, 0.717) is 18.8 Å². The van der Waals surface area contributed by atoms with Crippen molar-refractivity contribution in [1.29, 1.82) is 0 Å². The molecule has 1 aromatic heterocycles. The number of fused-ring (bicyclic) bond motifs is 1. The quantitative estimate of drug-likeness (QED) is 0.860. The molecule has 1 heterocycles. The van der Waals surface area contributed by atoms with Crippen LogP contribution in [0.3, 0.4) is 0 Å². The molecule has 0 aliphatic heterocycles. The number of hydrogen-bond acceptors (Lipinski definition) is 3. The van der Waals surface area contributed by atoms with E-state index in [9.17, 15) is 9.90 Å². The van der Waals surface area contributed by atoms with E-state index in [1.807, 2.05) is 37.3 Å². The van der Waals surface area contributed by atoms with Crippen molar-refractivity contribution in [2.75, 3.05) is 13.1 Å². The van der Waals surface area contributed by atoms with Crippen LogP contribution in [-0.2, 0) is 4.79 Å². The maximum Gasteiger partial charge on any atom is 0.246 e. The lowest BCUT2D eigenvalue weighted by Gasteiger charge is -2.27. The van der Waals surface area contributed by atoms with Crippen molar-refractivity contribution in [3.8, 4) is 0 Å². The number of benzene rings is 1. The number of nitrogens with zero attached hydrogens (tertiary/aromatic N) is 1. The lowest BCUT2D eigenvalue weighted by atomic mass is 10.1. The van der Waals surface area contributed by atoms with Gasteiger partial charge in [-0.15, -0.1) is 0 Å². The van der Waals surface area contributed by atoms with Gasteiger partial charge >= 0.3 is 0 Å². The summed E-state index contributed by atoms with van der Waals surface area (Å²) in [5, 5.41) is 10.8. The van der Waals surface area contributed by atoms with Crippen molar-refractivity contribution in [3.63, 3.8) is 0 Å². The third-order valence-corrected chi connectivity index (χ3v) is 3.11. The van der Waals surface area contributed by atoms with Gasteiger partial charge in [-0.2, -0.15) is 0 Å². The Morgan fingerprint density at radius 3 is 2.71 bits per heavy atom. The van der Waals surface area contributed by atoms with E-state index in [1.54, 1.807) is 24.8 Å². The van der Waals surface area contributed by atoms with Crippen molar-refractivity contribution in [2.24, 2.45) is 0 Å². The normalized spacial score (nSPS) is 12.2. The van der Waals surface area contributed by atoms with Crippen LogP contribution in [0.2, 0.25) is 0 Å². The van der Waals surface area contributed by atoms with Crippen molar-refractivity contribution in [1.82, 2.24) is 4.90 Å². The minimum Gasteiger partial charge on any atom is -0.457 e. The molecule has 0 saturated heterocycles. The van der Waals surface area contributed by atoms with E-state index in [-0.39, 0.29) is 5.91 Å². The smallest absolute Gasteiger partial charge is 0.246 e. The van der Waals surface area contributed by atoms with E-state index in [1.165, 1.54) is 6.08 Å². The molecule has 1 amide bonds. The zero-order valence-electron chi connectivity index (χ0n) is 12.7. The van der Waals surface area contributed by atoms with Crippen molar-refractivity contribution < 1.29 is 14.3 Å². The Hall–Kier alpha value is -2.07. The van der Waals surface area contributed by atoms with E-state index in [2.05, 4.69) is 0 Å². The van der Waals surface area contributed by atoms with Crippen LogP contribution < -0.4 is 0 Å². The summed E-state index contributed by atoms with van der Waals surface area (Å²) >= 11 is 0. The summed E-state index contributed by atoms with van der Waals surface area (Å²) in [4.78, 5) is 13.7. The SMILES string of the molecule is CCN(CC(C)(C)O)C(=O)C=Cc1cc2ccccc2o1. The largest absolute Gasteiger partial charge is 0.457 e. The molecule has 0 fully saturated rings. The Morgan fingerprint density at radius 2 is 2.10 bits per heavy atom.